The Bertz CT molecular complexity index is 881. The van der Waals surface area contributed by atoms with E-state index in [4.69, 9.17) is 0 Å². The third-order valence-corrected chi connectivity index (χ3v) is 6.89. The van der Waals surface area contributed by atoms with Crippen LogP contribution in [0, 0.1) is 0 Å². The average molecular weight is 404 g/mol. The molecule has 2 aromatic rings. The smallest absolute Gasteiger partial charge is 0.0412 e. The molecule has 2 aliphatic rings. The zero-order chi connectivity index (χ0) is 20.9. The van der Waals surface area contributed by atoms with Gasteiger partial charge in [-0.15, -0.1) is 0 Å². The van der Waals surface area contributed by atoms with Crippen LogP contribution in [-0.2, 0) is 0 Å². The van der Waals surface area contributed by atoms with Crippen LogP contribution in [0.4, 0.5) is 0 Å². The molecule has 3 heteroatoms. The van der Waals surface area contributed by atoms with Crippen molar-refractivity contribution in [3.8, 4) is 0 Å². The maximum atomic E-state index is 4.46. The van der Waals surface area contributed by atoms with Gasteiger partial charge < -0.3 is 4.90 Å². The fourth-order valence-electron chi connectivity index (χ4n) is 5.21. The van der Waals surface area contributed by atoms with Crippen LogP contribution in [0.1, 0.15) is 45.1 Å². The Hall–Kier alpha value is -2.10. The summed E-state index contributed by atoms with van der Waals surface area (Å²) in [5.74, 6) is 0. The van der Waals surface area contributed by atoms with Crippen LogP contribution in [0.5, 0.6) is 0 Å². The number of fused-ring (bicyclic) bond motifs is 1. The molecule has 160 valence electrons. The SMILES string of the molecule is C=C(c1cccc2ccccc12)N(/C=C(\C)CN1CCN(C2CCCC2)CC1)CC. The monoisotopic (exact) mass is 403 g/mol. The van der Waals surface area contributed by atoms with E-state index in [-0.39, 0.29) is 0 Å². The quantitative estimate of drug-likeness (QED) is 0.596. The molecule has 1 aliphatic carbocycles. The summed E-state index contributed by atoms with van der Waals surface area (Å²) in [5.41, 5.74) is 3.72. The van der Waals surface area contributed by atoms with Crippen LogP contribution >= 0.6 is 0 Å². The van der Waals surface area contributed by atoms with E-state index >= 15 is 0 Å². The molecule has 0 bridgehead atoms. The van der Waals surface area contributed by atoms with Crippen molar-refractivity contribution in [1.29, 1.82) is 0 Å². The minimum absolute atomic E-state index is 0.864. The molecule has 1 aliphatic heterocycles. The molecule has 2 fully saturated rings. The number of hydrogen-bond acceptors (Lipinski definition) is 3. The van der Waals surface area contributed by atoms with Gasteiger partial charge in [0.1, 0.15) is 0 Å². The normalized spacial score (nSPS) is 19.5. The summed E-state index contributed by atoms with van der Waals surface area (Å²) in [5, 5.41) is 2.55. The van der Waals surface area contributed by atoms with Crippen molar-refractivity contribution in [2.75, 3.05) is 39.3 Å². The van der Waals surface area contributed by atoms with Gasteiger partial charge in [-0.3, -0.25) is 9.80 Å². The van der Waals surface area contributed by atoms with Crippen molar-refractivity contribution in [2.45, 2.75) is 45.6 Å². The second kappa shape index (κ2) is 9.80. The zero-order valence-electron chi connectivity index (χ0n) is 18.8. The second-order valence-corrected chi connectivity index (χ2v) is 8.99. The Kier molecular flexibility index (Phi) is 6.91. The lowest BCUT2D eigenvalue weighted by atomic mass is 10.0. The number of nitrogens with zero attached hydrogens (tertiary/aromatic N) is 3. The molecule has 2 aromatic carbocycles. The summed E-state index contributed by atoms with van der Waals surface area (Å²) in [6, 6.07) is 16.0. The molecule has 0 N–H and O–H groups in total. The van der Waals surface area contributed by atoms with E-state index in [1.165, 1.54) is 73.8 Å². The average Bonchev–Trinajstić information content (AvgIpc) is 3.32. The van der Waals surface area contributed by atoms with E-state index in [0.717, 1.165) is 24.8 Å². The highest BCUT2D eigenvalue weighted by Gasteiger charge is 2.26. The molecule has 0 atom stereocenters. The summed E-state index contributed by atoms with van der Waals surface area (Å²) < 4.78 is 0. The van der Waals surface area contributed by atoms with Crippen molar-refractivity contribution < 1.29 is 0 Å². The maximum Gasteiger partial charge on any atom is 0.0412 e. The maximum absolute atomic E-state index is 4.46. The van der Waals surface area contributed by atoms with E-state index in [0.29, 0.717) is 0 Å². The third kappa shape index (κ3) is 4.79. The number of benzene rings is 2. The second-order valence-electron chi connectivity index (χ2n) is 8.99. The summed E-state index contributed by atoms with van der Waals surface area (Å²) in [6.07, 6.45) is 8.01. The molecule has 0 spiro atoms. The van der Waals surface area contributed by atoms with E-state index < -0.39 is 0 Å². The van der Waals surface area contributed by atoms with Crippen molar-refractivity contribution in [3.63, 3.8) is 0 Å². The topological polar surface area (TPSA) is 9.72 Å². The standard InChI is InChI=1S/C27H37N3/c1-4-29(23(3)26-15-9-11-24-10-5-8-14-27(24)26)21-22(2)20-28-16-18-30(19-17-28)25-12-6-7-13-25/h5,8-11,14-15,21,25H,3-4,6-7,12-13,16-20H2,1-2H3/b22-21+. The first-order chi connectivity index (χ1) is 14.7. The molecule has 1 saturated heterocycles. The van der Waals surface area contributed by atoms with Crippen molar-refractivity contribution in [1.82, 2.24) is 14.7 Å². The molecule has 0 radical (unpaired) electrons. The molecule has 1 saturated carbocycles. The first-order valence-electron chi connectivity index (χ1n) is 11.7. The van der Waals surface area contributed by atoms with Crippen LogP contribution in [-0.4, -0.2) is 60.0 Å². The minimum atomic E-state index is 0.864. The van der Waals surface area contributed by atoms with Gasteiger partial charge in [0.2, 0.25) is 0 Å². The van der Waals surface area contributed by atoms with Gasteiger partial charge in [-0.2, -0.15) is 0 Å². The minimum Gasteiger partial charge on any atom is -0.348 e. The zero-order valence-corrected chi connectivity index (χ0v) is 18.8. The molecule has 0 unspecified atom stereocenters. The van der Waals surface area contributed by atoms with Crippen molar-refractivity contribution >= 4 is 16.5 Å². The number of rotatable bonds is 7. The lowest BCUT2D eigenvalue weighted by Crippen LogP contribution is -2.49. The summed E-state index contributed by atoms with van der Waals surface area (Å²) >= 11 is 0. The predicted molar refractivity (Wildman–Crippen MR) is 129 cm³/mol. The van der Waals surface area contributed by atoms with Crippen LogP contribution in [0.2, 0.25) is 0 Å². The molecule has 0 amide bonds. The van der Waals surface area contributed by atoms with Crippen molar-refractivity contribution in [2.24, 2.45) is 0 Å². The van der Waals surface area contributed by atoms with Crippen LogP contribution < -0.4 is 0 Å². The highest BCUT2D eigenvalue weighted by Crippen LogP contribution is 2.27. The third-order valence-electron chi connectivity index (χ3n) is 6.89. The lowest BCUT2D eigenvalue weighted by Gasteiger charge is -2.38. The molecule has 30 heavy (non-hydrogen) atoms. The summed E-state index contributed by atoms with van der Waals surface area (Å²) in [4.78, 5) is 7.67. The van der Waals surface area contributed by atoms with E-state index in [1.54, 1.807) is 0 Å². The molecular weight excluding hydrogens is 366 g/mol. The molecule has 3 nitrogen and oxygen atoms in total. The van der Waals surface area contributed by atoms with Gasteiger partial charge in [0, 0.05) is 62.8 Å². The Morgan fingerprint density at radius 3 is 2.47 bits per heavy atom. The summed E-state index contributed by atoms with van der Waals surface area (Å²) in [7, 11) is 0. The van der Waals surface area contributed by atoms with Gasteiger partial charge in [-0.25, -0.2) is 0 Å². The molecular formula is C27H37N3. The predicted octanol–water partition coefficient (Wildman–Crippen LogP) is 5.60. The van der Waals surface area contributed by atoms with Crippen LogP contribution in [0.25, 0.3) is 16.5 Å². The van der Waals surface area contributed by atoms with Crippen molar-refractivity contribution in [3.05, 3.63) is 66.4 Å². The van der Waals surface area contributed by atoms with Gasteiger partial charge in [0.25, 0.3) is 0 Å². The first-order valence-corrected chi connectivity index (χ1v) is 11.7. The van der Waals surface area contributed by atoms with E-state index in [1.807, 2.05) is 0 Å². The van der Waals surface area contributed by atoms with Gasteiger partial charge in [0.15, 0.2) is 0 Å². The molecule has 4 rings (SSSR count). The van der Waals surface area contributed by atoms with Gasteiger partial charge in [-0.1, -0.05) is 61.9 Å². The molecule has 0 aromatic heterocycles. The highest BCUT2D eigenvalue weighted by atomic mass is 15.3. The Morgan fingerprint density at radius 2 is 1.73 bits per heavy atom. The largest absolute Gasteiger partial charge is 0.348 e. The van der Waals surface area contributed by atoms with E-state index in [2.05, 4.69) is 83.8 Å². The highest BCUT2D eigenvalue weighted by molar-refractivity contribution is 5.93. The Labute approximate surface area is 182 Å². The Morgan fingerprint density at radius 1 is 1.03 bits per heavy atom. The fraction of sp³-hybridized carbons (Fsp3) is 0.481. The Balaban J connectivity index is 1.39. The number of piperazine rings is 1. The molecule has 1 heterocycles. The lowest BCUT2D eigenvalue weighted by molar-refractivity contribution is 0.103. The first kappa shape index (κ1) is 21.1. The number of hydrogen-bond donors (Lipinski definition) is 0. The van der Waals surface area contributed by atoms with Crippen LogP contribution in [0.15, 0.2) is 60.8 Å². The van der Waals surface area contributed by atoms with Crippen LogP contribution in [0.3, 0.4) is 0 Å². The summed E-state index contributed by atoms with van der Waals surface area (Å²) in [6.45, 7) is 15.8. The van der Waals surface area contributed by atoms with E-state index in [9.17, 15) is 0 Å². The van der Waals surface area contributed by atoms with Gasteiger partial charge in [0.05, 0.1) is 0 Å². The van der Waals surface area contributed by atoms with Gasteiger partial charge in [-0.05, 0) is 43.0 Å². The fourth-order valence-corrected chi connectivity index (χ4v) is 5.21. The van der Waals surface area contributed by atoms with Gasteiger partial charge >= 0.3 is 0 Å².